The molecule has 0 aromatic carbocycles. The molecular weight excluding hydrogens is 420 g/mol. The lowest BCUT2D eigenvalue weighted by Gasteiger charge is -2.58. The average Bonchev–Trinajstić information content (AvgIpc) is 3.10. The first-order chi connectivity index (χ1) is 16.3. The molecule has 0 saturated heterocycles. The van der Waals surface area contributed by atoms with E-state index >= 15 is 0 Å². The first-order valence-electron chi connectivity index (χ1n) is 14.8. The molecule has 0 amide bonds. The van der Waals surface area contributed by atoms with Crippen LogP contribution in [0.5, 0.6) is 0 Å². The summed E-state index contributed by atoms with van der Waals surface area (Å²) in [4.78, 5) is 24.9. The van der Waals surface area contributed by atoms with E-state index in [9.17, 15) is 9.59 Å². The number of unbranched alkanes of at least 4 members (excludes halogenated alkanes) is 7. The van der Waals surface area contributed by atoms with Crippen molar-refractivity contribution in [2.24, 2.45) is 40.9 Å². The third-order valence-corrected chi connectivity index (χ3v) is 10.4. The summed E-state index contributed by atoms with van der Waals surface area (Å²) in [5, 5.41) is 0. The van der Waals surface area contributed by atoms with Crippen LogP contribution in [0.4, 0.5) is 0 Å². The molecule has 4 rings (SSSR count). The van der Waals surface area contributed by atoms with Crippen LogP contribution >= 0.6 is 0 Å². The third-order valence-electron chi connectivity index (χ3n) is 10.4. The zero-order valence-electron chi connectivity index (χ0n) is 22.5. The van der Waals surface area contributed by atoms with Crippen molar-refractivity contribution in [1.29, 1.82) is 0 Å². The number of hydrogen-bond acceptors (Lipinski definition) is 3. The van der Waals surface area contributed by atoms with E-state index in [2.05, 4.69) is 27.7 Å². The van der Waals surface area contributed by atoms with Gasteiger partial charge in [0.05, 0.1) is 0 Å². The lowest BCUT2D eigenvalue weighted by atomic mass is 9.47. The molecule has 3 fully saturated rings. The Hall–Kier alpha value is -1.12. The maximum atomic E-state index is 12.8. The van der Waals surface area contributed by atoms with Gasteiger partial charge in [-0.2, -0.15) is 0 Å². The molecule has 192 valence electrons. The predicted molar refractivity (Wildman–Crippen MR) is 138 cm³/mol. The van der Waals surface area contributed by atoms with E-state index in [-0.39, 0.29) is 17.5 Å². The summed E-state index contributed by atoms with van der Waals surface area (Å²) >= 11 is 0. The predicted octanol–water partition coefficient (Wildman–Crippen LogP) is 8.06. The second kappa shape index (κ2) is 11.3. The summed E-state index contributed by atoms with van der Waals surface area (Å²) in [5.41, 5.74) is 1.57. The first kappa shape index (κ1) is 26.0. The highest BCUT2D eigenvalue weighted by atomic mass is 16.5. The Morgan fingerprint density at radius 1 is 0.971 bits per heavy atom. The minimum absolute atomic E-state index is 0.0420. The second-order valence-electron chi connectivity index (χ2n) is 12.7. The van der Waals surface area contributed by atoms with Gasteiger partial charge in [-0.05, 0) is 80.1 Å². The fourth-order valence-electron chi connectivity index (χ4n) is 8.90. The van der Waals surface area contributed by atoms with Gasteiger partial charge in [-0.25, -0.2) is 0 Å². The van der Waals surface area contributed by atoms with Crippen molar-refractivity contribution in [3.8, 4) is 0 Å². The minimum atomic E-state index is 0.0420. The zero-order valence-corrected chi connectivity index (χ0v) is 22.5. The monoisotopic (exact) mass is 470 g/mol. The number of ketones is 1. The highest BCUT2D eigenvalue weighted by Gasteiger charge is 2.60. The van der Waals surface area contributed by atoms with Crippen LogP contribution in [0.25, 0.3) is 0 Å². The molecule has 0 aromatic heterocycles. The molecule has 0 heterocycles. The van der Waals surface area contributed by atoms with Gasteiger partial charge in [-0.15, -0.1) is 0 Å². The smallest absolute Gasteiger partial charge is 0.306 e. The fraction of sp³-hybridized carbons (Fsp3) is 0.871. The van der Waals surface area contributed by atoms with Gasteiger partial charge in [-0.1, -0.05) is 78.2 Å². The van der Waals surface area contributed by atoms with Crippen LogP contribution < -0.4 is 0 Å². The van der Waals surface area contributed by atoms with Gasteiger partial charge in [0, 0.05) is 18.3 Å². The summed E-state index contributed by atoms with van der Waals surface area (Å²) < 4.78 is 6.23. The number of ether oxygens (including phenoxy) is 1. The fourth-order valence-corrected chi connectivity index (χ4v) is 8.90. The second-order valence-corrected chi connectivity index (χ2v) is 12.7. The average molecular weight is 471 g/mol. The van der Waals surface area contributed by atoms with Gasteiger partial charge < -0.3 is 4.74 Å². The van der Waals surface area contributed by atoms with Crippen LogP contribution in [-0.4, -0.2) is 17.9 Å². The maximum absolute atomic E-state index is 12.8. The van der Waals surface area contributed by atoms with E-state index in [0.29, 0.717) is 47.7 Å². The largest absolute Gasteiger partial charge is 0.462 e. The Morgan fingerprint density at radius 2 is 1.68 bits per heavy atom. The minimum Gasteiger partial charge on any atom is -0.462 e. The molecule has 0 radical (unpaired) electrons. The van der Waals surface area contributed by atoms with Crippen LogP contribution in [0, 0.1) is 40.9 Å². The normalized spacial score (nSPS) is 39.1. The summed E-state index contributed by atoms with van der Waals surface area (Å²) in [6, 6.07) is 0. The van der Waals surface area contributed by atoms with E-state index in [1.54, 1.807) is 0 Å². The molecule has 0 aliphatic heterocycles. The standard InChI is InChI=1S/C31H50O3/c1-5-6-7-8-9-10-11-12-13-28(33)34-27-17-16-26-30-21(2)18-23-19-24(32)14-15-25(23)29(30)22(3)20-31(26,27)4/h19,21-22,25-27,29-30H,5-18,20H2,1-4H3/t21-,22+,25+,26+,27?,29-,30+,31+/m1/s1. The van der Waals surface area contributed by atoms with E-state index in [4.69, 9.17) is 4.74 Å². The van der Waals surface area contributed by atoms with Crippen LogP contribution in [0.3, 0.4) is 0 Å². The van der Waals surface area contributed by atoms with Crippen LogP contribution in [0.1, 0.15) is 124 Å². The summed E-state index contributed by atoms with van der Waals surface area (Å²) in [6.07, 6.45) is 19.0. The molecule has 3 saturated carbocycles. The summed E-state index contributed by atoms with van der Waals surface area (Å²) in [7, 11) is 0. The van der Waals surface area contributed by atoms with E-state index < -0.39 is 0 Å². The number of fused-ring (bicyclic) bond motifs is 5. The van der Waals surface area contributed by atoms with Gasteiger partial charge in [-0.3, -0.25) is 9.59 Å². The summed E-state index contributed by atoms with van der Waals surface area (Å²) in [5.74, 6) is 4.31. The number of rotatable bonds is 10. The molecule has 4 aliphatic rings. The molecule has 0 spiro atoms. The van der Waals surface area contributed by atoms with Gasteiger partial charge in [0.15, 0.2) is 5.78 Å². The highest BCUT2D eigenvalue weighted by molar-refractivity contribution is 5.91. The molecule has 3 heteroatoms. The zero-order chi connectivity index (χ0) is 24.3. The van der Waals surface area contributed by atoms with Gasteiger partial charge in [0.2, 0.25) is 0 Å². The maximum Gasteiger partial charge on any atom is 0.306 e. The molecule has 0 aromatic rings. The van der Waals surface area contributed by atoms with Gasteiger partial charge >= 0.3 is 5.97 Å². The number of allylic oxidation sites excluding steroid dienone is 1. The number of hydrogen-bond donors (Lipinski definition) is 0. The molecule has 1 unspecified atom stereocenters. The van der Waals surface area contributed by atoms with Crippen LogP contribution in [0.15, 0.2) is 11.6 Å². The molecule has 0 bridgehead atoms. The molecule has 0 N–H and O–H groups in total. The van der Waals surface area contributed by atoms with Gasteiger partial charge in [0.25, 0.3) is 0 Å². The van der Waals surface area contributed by atoms with Crippen molar-refractivity contribution >= 4 is 11.8 Å². The Bertz CT molecular complexity index is 754. The van der Waals surface area contributed by atoms with E-state index in [1.165, 1.54) is 56.9 Å². The topological polar surface area (TPSA) is 43.4 Å². The van der Waals surface area contributed by atoms with Gasteiger partial charge in [0.1, 0.15) is 6.10 Å². The third kappa shape index (κ3) is 5.34. The molecular formula is C31H50O3. The molecule has 34 heavy (non-hydrogen) atoms. The molecule has 8 atom stereocenters. The number of carbonyl (C=O) groups is 2. The SMILES string of the molecule is CCCCCCCCCCC(=O)OC1CC[C@H]2[C@H]3[C@H]([C@@H](C)C[C@]12C)[C@H]1CCC(=O)C=C1C[C@H]3C. The van der Waals surface area contributed by atoms with Crippen molar-refractivity contribution in [3.05, 3.63) is 11.6 Å². The van der Waals surface area contributed by atoms with Crippen molar-refractivity contribution in [1.82, 2.24) is 0 Å². The quantitative estimate of drug-likeness (QED) is 0.239. The van der Waals surface area contributed by atoms with Crippen LogP contribution in [0.2, 0.25) is 0 Å². The van der Waals surface area contributed by atoms with Crippen molar-refractivity contribution in [3.63, 3.8) is 0 Å². The Labute approximate surface area is 208 Å². The van der Waals surface area contributed by atoms with E-state index in [0.717, 1.165) is 38.5 Å². The first-order valence-corrected chi connectivity index (χ1v) is 14.8. The Balaban J connectivity index is 1.32. The highest BCUT2D eigenvalue weighted by Crippen LogP contribution is 2.65. The summed E-state index contributed by atoms with van der Waals surface area (Å²) in [6.45, 7) is 9.57. The van der Waals surface area contributed by atoms with Crippen molar-refractivity contribution in [2.75, 3.05) is 0 Å². The number of carbonyl (C=O) groups excluding carboxylic acids is 2. The van der Waals surface area contributed by atoms with E-state index in [1.807, 2.05) is 6.08 Å². The lowest BCUT2D eigenvalue weighted by Crippen LogP contribution is -2.54. The molecule has 4 aliphatic carbocycles. The van der Waals surface area contributed by atoms with Crippen LogP contribution in [-0.2, 0) is 14.3 Å². The Kier molecular flexibility index (Phi) is 8.62. The number of esters is 1. The lowest BCUT2D eigenvalue weighted by molar-refractivity contribution is -0.162. The van der Waals surface area contributed by atoms with Crippen molar-refractivity contribution < 1.29 is 14.3 Å². The Morgan fingerprint density at radius 3 is 2.41 bits per heavy atom. The van der Waals surface area contributed by atoms with Crippen molar-refractivity contribution in [2.45, 2.75) is 130 Å². The molecule has 3 nitrogen and oxygen atoms in total.